The fourth-order valence-corrected chi connectivity index (χ4v) is 3.96. The molecule has 1 aromatic rings. The molecule has 0 spiro atoms. The minimum Gasteiger partial charge on any atom is -0.266 e. The first kappa shape index (κ1) is 14.7. The van der Waals surface area contributed by atoms with Crippen LogP contribution in [0.15, 0.2) is 4.79 Å². The van der Waals surface area contributed by atoms with Gasteiger partial charge in [-0.2, -0.15) is 5.10 Å². The second-order valence-electron chi connectivity index (χ2n) is 6.94. The van der Waals surface area contributed by atoms with E-state index in [-0.39, 0.29) is 5.56 Å². The molecule has 21 heavy (non-hydrogen) atoms. The molecule has 2 fully saturated rings. The molecule has 4 heteroatoms. The SMILES string of the molecule is O=c1[nH]nc(CC2CCCCC2)nc1CC1CCCCC1. The molecule has 0 aliphatic heterocycles. The Morgan fingerprint density at radius 1 is 0.857 bits per heavy atom. The Hall–Kier alpha value is -1.19. The average molecular weight is 289 g/mol. The lowest BCUT2D eigenvalue weighted by Gasteiger charge is -2.22. The first-order valence-corrected chi connectivity index (χ1v) is 8.76. The highest BCUT2D eigenvalue weighted by Gasteiger charge is 2.19. The third-order valence-electron chi connectivity index (χ3n) is 5.22. The van der Waals surface area contributed by atoms with Gasteiger partial charge in [-0.1, -0.05) is 64.2 Å². The first-order valence-electron chi connectivity index (χ1n) is 8.76. The maximum Gasteiger partial charge on any atom is 0.285 e. The maximum atomic E-state index is 12.0. The molecule has 1 aromatic heterocycles. The maximum absolute atomic E-state index is 12.0. The second-order valence-corrected chi connectivity index (χ2v) is 6.94. The molecule has 2 aliphatic carbocycles. The minimum absolute atomic E-state index is 0.0760. The Morgan fingerprint density at radius 2 is 1.43 bits per heavy atom. The van der Waals surface area contributed by atoms with Crippen molar-refractivity contribution in [2.24, 2.45) is 11.8 Å². The number of H-pyrrole nitrogens is 1. The Bertz CT molecular complexity index is 499. The molecule has 0 bridgehead atoms. The highest BCUT2D eigenvalue weighted by Crippen LogP contribution is 2.27. The quantitative estimate of drug-likeness (QED) is 0.924. The van der Waals surface area contributed by atoms with Gasteiger partial charge in [0, 0.05) is 6.42 Å². The van der Waals surface area contributed by atoms with Crippen LogP contribution in [0.3, 0.4) is 0 Å². The van der Waals surface area contributed by atoms with Crippen molar-refractivity contribution in [2.75, 3.05) is 0 Å². The molecule has 0 amide bonds. The van der Waals surface area contributed by atoms with E-state index in [0.717, 1.165) is 24.4 Å². The third-order valence-corrected chi connectivity index (χ3v) is 5.22. The van der Waals surface area contributed by atoms with Crippen LogP contribution in [0, 0.1) is 11.8 Å². The number of aromatic amines is 1. The van der Waals surface area contributed by atoms with Crippen LogP contribution in [0.5, 0.6) is 0 Å². The van der Waals surface area contributed by atoms with E-state index in [4.69, 9.17) is 0 Å². The van der Waals surface area contributed by atoms with E-state index < -0.39 is 0 Å². The van der Waals surface area contributed by atoms with E-state index in [0.29, 0.717) is 11.8 Å². The van der Waals surface area contributed by atoms with Gasteiger partial charge >= 0.3 is 0 Å². The largest absolute Gasteiger partial charge is 0.285 e. The van der Waals surface area contributed by atoms with E-state index >= 15 is 0 Å². The standard InChI is InChI=1S/C17H27N3O/c21-17-15(11-13-7-3-1-4-8-13)18-16(19-20-17)12-14-9-5-2-6-10-14/h13-14H,1-12H2,(H,20,21). The van der Waals surface area contributed by atoms with Crippen molar-refractivity contribution >= 4 is 0 Å². The summed E-state index contributed by atoms with van der Waals surface area (Å²) in [4.78, 5) is 16.6. The van der Waals surface area contributed by atoms with E-state index in [1.165, 1.54) is 64.2 Å². The molecule has 1 N–H and O–H groups in total. The summed E-state index contributed by atoms with van der Waals surface area (Å²) in [5, 5.41) is 6.86. The van der Waals surface area contributed by atoms with Gasteiger partial charge in [-0.3, -0.25) is 4.79 Å². The molecule has 116 valence electrons. The molecule has 1 heterocycles. The van der Waals surface area contributed by atoms with Crippen molar-refractivity contribution in [2.45, 2.75) is 77.0 Å². The second kappa shape index (κ2) is 7.19. The summed E-state index contributed by atoms with van der Waals surface area (Å²) in [6, 6.07) is 0. The van der Waals surface area contributed by atoms with Gasteiger partial charge in [0.15, 0.2) is 0 Å². The van der Waals surface area contributed by atoms with Gasteiger partial charge in [-0.15, -0.1) is 0 Å². The van der Waals surface area contributed by atoms with Crippen LogP contribution >= 0.6 is 0 Å². The summed E-state index contributed by atoms with van der Waals surface area (Å²) in [5.74, 6) is 2.22. The number of nitrogens with zero attached hydrogens (tertiary/aromatic N) is 2. The average Bonchev–Trinajstić information content (AvgIpc) is 2.53. The van der Waals surface area contributed by atoms with Crippen LogP contribution in [0.25, 0.3) is 0 Å². The Morgan fingerprint density at radius 3 is 2.05 bits per heavy atom. The van der Waals surface area contributed by atoms with Gasteiger partial charge in [-0.25, -0.2) is 10.1 Å². The summed E-state index contributed by atoms with van der Waals surface area (Å²) in [7, 11) is 0. The van der Waals surface area contributed by atoms with E-state index in [2.05, 4.69) is 15.2 Å². The van der Waals surface area contributed by atoms with Gasteiger partial charge in [0.05, 0.1) is 0 Å². The van der Waals surface area contributed by atoms with Gasteiger partial charge in [0.1, 0.15) is 11.5 Å². The van der Waals surface area contributed by atoms with Crippen molar-refractivity contribution in [3.8, 4) is 0 Å². The van der Waals surface area contributed by atoms with Crippen LogP contribution in [-0.2, 0) is 12.8 Å². The zero-order valence-corrected chi connectivity index (χ0v) is 12.9. The monoisotopic (exact) mass is 289 g/mol. The summed E-state index contributed by atoms with van der Waals surface area (Å²) in [6.45, 7) is 0. The Labute approximate surface area is 126 Å². The van der Waals surface area contributed by atoms with Gasteiger partial charge < -0.3 is 0 Å². The van der Waals surface area contributed by atoms with Crippen molar-refractivity contribution in [1.82, 2.24) is 15.2 Å². The third kappa shape index (κ3) is 4.14. The molecule has 3 rings (SSSR count). The summed E-state index contributed by atoms with van der Waals surface area (Å²) >= 11 is 0. The van der Waals surface area contributed by atoms with Crippen LogP contribution < -0.4 is 5.56 Å². The lowest BCUT2D eigenvalue weighted by molar-refractivity contribution is 0.344. The smallest absolute Gasteiger partial charge is 0.266 e. The highest BCUT2D eigenvalue weighted by molar-refractivity contribution is 5.00. The summed E-state index contributed by atoms with van der Waals surface area (Å²) in [6.07, 6.45) is 14.9. The molecule has 0 unspecified atom stereocenters. The molecule has 2 saturated carbocycles. The van der Waals surface area contributed by atoms with Crippen molar-refractivity contribution in [3.05, 3.63) is 21.9 Å². The minimum atomic E-state index is -0.0760. The van der Waals surface area contributed by atoms with Gasteiger partial charge in [-0.05, 0) is 18.3 Å². The van der Waals surface area contributed by atoms with Crippen LogP contribution in [0.2, 0.25) is 0 Å². The normalized spacial score (nSPS) is 21.5. The zero-order chi connectivity index (χ0) is 14.5. The molecule has 0 radical (unpaired) electrons. The van der Waals surface area contributed by atoms with Gasteiger partial charge in [0.25, 0.3) is 5.56 Å². The van der Waals surface area contributed by atoms with Crippen molar-refractivity contribution < 1.29 is 0 Å². The molecule has 2 aliphatic rings. The Balaban J connectivity index is 1.65. The molecule has 0 atom stereocenters. The summed E-state index contributed by atoms with van der Waals surface area (Å²) in [5.41, 5.74) is 0.649. The molecular weight excluding hydrogens is 262 g/mol. The number of hydrogen-bond acceptors (Lipinski definition) is 3. The van der Waals surface area contributed by atoms with E-state index in [1.54, 1.807) is 0 Å². The lowest BCUT2D eigenvalue weighted by atomic mass is 9.86. The predicted molar refractivity (Wildman–Crippen MR) is 83.2 cm³/mol. The topological polar surface area (TPSA) is 58.6 Å². The van der Waals surface area contributed by atoms with Crippen LogP contribution in [0.1, 0.15) is 75.7 Å². The summed E-state index contributed by atoms with van der Waals surface area (Å²) < 4.78 is 0. The molecule has 4 nitrogen and oxygen atoms in total. The van der Waals surface area contributed by atoms with Crippen LogP contribution in [-0.4, -0.2) is 15.2 Å². The van der Waals surface area contributed by atoms with Gasteiger partial charge in [0.2, 0.25) is 0 Å². The van der Waals surface area contributed by atoms with Crippen LogP contribution in [0.4, 0.5) is 0 Å². The van der Waals surface area contributed by atoms with Crippen molar-refractivity contribution in [1.29, 1.82) is 0 Å². The Kier molecular flexibility index (Phi) is 5.04. The first-order chi connectivity index (χ1) is 10.3. The molecular formula is C17H27N3O. The fraction of sp³-hybridized carbons (Fsp3) is 0.824. The van der Waals surface area contributed by atoms with E-state index in [9.17, 15) is 4.79 Å². The zero-order valence-electron chi connectivity index (χ0n) is 12.9. The van der Waals surface area contributed by atoms with Crippen molar-refractivity contribution in [3.63, 3.8) is 0 Å². The molecule has 0 saturated heterocycles. The fourth-order valence-electron chi connectivity index (χ4n) is 3.96. The lowest BCUT2D eigenvalue weighted by Crippen LogP contribution is -2.23. The van der Waals surface area contributed by atoms with E-state index in [1.807, 2.05) is 0 Å². The number of nitrogens with one attached hydrogen (secondary N) is 1. The number of aromatic nitrogens is 3. The molecule has 0 aromatic carbocycles. The number of hydrogen-bond donors (Lipinski definition) is 1. The highest BCUT2D eigenvalue weighted by atomic mass is 16.1. The number of rotatable bonds is 4. The predicted octanol–water partition coefficient (Wildman–Crippen LogP) is 3.41.